The minimum absolute atomic E-state index is 0.209. The second-order valence-corrected chi connectivity index (χ2v) is 13.0. The summed E-state index contributed by atoms with van der Waals surface area (Å²) in [7, 11) is 0. The zero-order valence-electron chi connectivity index (χ0n) is 27.1. The number of carbonyl (C=O) groups excluding carboxylic acids is 3. The highest BCUT2D eigenvalue weighted by Crippen LogP contribution is 2.23. The van der Waals surface area contributed by atoms with Gasteiger partial charge in [-0.3, -0.25) is 14.4 Å². The van der Waals surface area contributed by atoms with Crippen LogP contribution in [0.4, 0.5) is 17.8 Å². The second-order valence-electron chi connectivity index (χ2n) is 13.0. The van der Waals surface area contributed by atoms with Crippen LogP contribution in [-0.4, -0.2) is 126 Å². The van der Waals surface area contributed by atoms with E-state index in [4.69, 9.17) is 15.0 Å². The minimum Gasteiger partial charge on any atom is -0.339 e. The quantitative estimate of drug-likeness (QED) is 0.379. The van der Waals surface area contributed by atoms with Crippen molar-refractivity contribution in [3.63, 3.8) is 0 Å². The molecule has 3 saturated heterocycles. The predicted octanol–water partition coefficient (Wildman–Crippen LogP) is 2.49. The molecule has 1 aromatic rings. The van der Waals surface area contributed by atoms with E-state index in [-0.39, 0.29) is 17.7 Å². The van der Waals surface area contributed by atoms with Gasteiger partial charge in [-0.2, -0.15) is 15.0 Å². The first kappa shape index (κ1) is 32.7. The summed E-state index contributed by atoms with van der Waals surface area (Å²) in [5, 5.41) is 0. The van der Waals surface area contributed by atoms with Crippen molar-refractivity contribution in [3.8, 4) is 0 Å². The number of nitrogens with zero attached hydrogens (tertiary/aromatic N) is 9. The van der Waals surface area contributed by atoms with Crippen molar-refractivity contribution < 1.29 is 14.4 Å². The molecule has 0 aliphatic carbocycles. The molecule has 0 unspecified atom stereocenters. The van der Waals surface area contributed by atoms with Crippen LogP contribution >= 0.6 is 0 Å². The third-order valence-corrected chi connectivity index (χ3v) is 8.68. The summed E-state index contributed by atoms with van der Waals surface area (Å²) in [5.41, 5.74) is 0. The van der Waals surface area contributed by atoms with Crippen LogP contribution < -0.4 is 14.7 Å². The zero-order valence-corrected chi connectivity index (χ0v) is 27.1. The van der Waals surface area contributed by atoms with E-state index < -0.39 is 0 Å². The molecule has 0 atom stereocenters. The molecule has 0 radical (unpaired) electrons. The van der Waals surface area contributed by atoms with Gasteiger partial charge >= 0.3 is 0 Å². The molecule has 0 aromatic carbocycles. The summed E-state index contributed by atoms with van der Waals surface area (Å²) in [4.78, 5) is 65.0. The monoisotopic (exact) mass is 599 g/mol. The summed E-state index contributed by atoms with van der Waals surface area (Å²) in [6.45, 7) is 18.6. The number of amides is 3. The number of hydrogen-bond donors (Lipinski definition) is 0. The normalized spacial score (nSPS) is 18.2. The SMILES string of the molecule is CCCC(=O)N1CCN(c2nc(N3CCN(C(=O)CCC(C)C)CC3)nc(N3CCN(C(=O)CCC(C)C)CC3)n2)CC1. The summed E-state index contributed by atoms with van der Waals surface area (Å²) in [6, 6.07) is 0. The molecule has 3 aliphatic heterocycles. The van der Waals surface area contributed by atoms with Crippen LogP contribution in [0.25, 0.3) is 0 Å². The number of carbonyl (C=O) groups is 3. The molecule has 240 valence electrons. The molecule has 3 aliphatic rings. The first-order valence-corrected chi connectivity index (χ1v) is 16.5. The van der Waals surface area contributed by atoms with Crippen LogP contribution in [0.15, 0.2) is 0 Å². The highest BCUT2D eigenvalue weighted by molar-refractivity contribution is 5.77. The van der Waals surface area contributed by atoms with Gasteiger partial charge in [0.05, 0.1) is 0 Å². The molecule has 0 N–H and O–H groups in total. The second kappa shape index (κ2) is 15.5. The van der Waals surface area contributed by atoms with Crippen molar-refractivity contribution in [2.75, 3.05) is 93.2 Å². The Hall–Kier alpha value is -3.18. The van der Waals surface area contributed by atoms with Crippen LogP contribution in [0.3, 0.4) is 0 Å². The Balaban J connectivity index is 1.46. The van der Waals surface area contributed by atoms with Gasteiger partial charge < -0.3 is 29.4 Å². The van der Waals surface area contributed by atoms with Crippen LogP contribution in [-0.2, 0) is 14.4 Å². The minimum atomic E-state index is 0.209. The Morgan fingerprint density at radius 3 is 1.05 bits per heavy atom. The molecule has 1 aromatic heterocycles. The lowest BCUT2D eigenvalue weighted by molar-refractivity contribution is -0.132. The maximum absolute atomic E-state index is 12.7. The first-order valence-electron chi connectivity index (χ1n) is 16.5. The van der Waals surface area contributed by atoms with E-state index in [1.54, 1.807) is 0 Å². The molecule has 12 heteroatoms. The number of hydrogen-bond acceptors (Lipinski definition) is 9. The summed E-state index contributed by atoms with van der Waals surface area (Å²) < 4.78 is 0. The van der Waals surface area contributed by atoms with Gasteiger partial charge in [0.25, 0.3) is 0 Å². The molecule has 3 fully saturated rings. The van der Waals surface area contributed by atoms with Crippen molar-refractivity contribution in [1.82, 2.24) is 29.7 Å². The van der Waals surface area contributed by atoms with Crippen LogP contribution in [0.1, 0.15) is 73.1 Å². The third kappa shape index (κ3) is 9.15. The largest absolute Gasteiger partial charge is 0.339 e. The Labute approximate surface area is 257 Å². The van der Waals surface area contributed by atoms with E-state index in [0.717, 1.165) is 19.3 Å². The van der Waals surface area contributed by atoms with Gasteiger partial charge in [0.15, 0.2) is 0 Å². The fraction of sp³-hybridized carbons (Fsp3) is 0.806. The Morgan fingerprint density at radius 1 is 0.512 bits per heavy atom. The van der Waals surface area contributed by atoms with Crippen molar-refractivity contribution >= 4 is 35.6 Å². The molecule has 4 rings (SSSR count). The van der Waals surface area contributed by atoms with Gasteiger partial charge in [0.1, 0.15) is 0 Å². The van der Waals surface area contributed by atoms with E-state index >= 15 is 0 Å². The third-order valence-electron chi connectivity index (χ3n) is 8.68. The van der Waals surface area contributed by atoms with E-state index in [2.05, 4.69) is 42.4 Å². The molecule has 4 heterocycles. The Kier molecular flexibility index (Phi) is 11.8. The van der Waals surface area contributed by atoms with E-state index in [0.29, 0.717) is 127 Å². The van der Waals surface area contributed by atoms with Crippen molar-refractivity contribution in [2.45, 2.75) is 73.1 Å². The topological polar surface area (TPSA) is 109 Å². The lowest BCUT2D eigenvalue weighted by Crippen LogP contribution is -2.51. The van der Waals surface area contributed by atoms with Crippen molar-refractivity contribution in [1.29, 1.82) is 0 Å². The highest BCUT2D eigenvalue weighted by atomic mass is 16.2. The highest BCUT2D eigenvalue weighted by Gasteiger charge is 2.29. The number of rotatable bonds is 11. The van der Waals surface area contributed by atoms with E-state index in [1.807, 2.05) is 21.6 Å². The van der Waals surface area contributed by atoms with Gasteiger partial charge in [0, 0.05) is 97.8 Å². The van der Waals surface area contributed by atoms with Crippen molar-refractivity contribution in [3.05, 3.63) is 0 Å². The van der Waals surface area contributed by atoms with Gasteiger partial charge in [0.2, 0.25) is 35.6 Å². The smallest absolute Gasteiger partial charge is 0.232 e. The standard InChI is InChI=1S/C31H53N9O3/c1-6-7-26(41)35-12-18-38(19-13-35)29-32-30(39-20-14-36(15-21-39)27(42)10-8-24(2)3)34-31(33-29)40-22-16-37(17-23-40)28(43)11-9-25(4)5/h24-25H,6-23H2,1-5H3. The molecule has 43 heavy (non-hydrogen) atoms. The summed E-state index contributed by atoms with van der Waals surface area (Å²) in [6.07, 6.45) is 4.44. The van der Waals surface area contributed by atoms with E-state index in [1.165, 1.54) is 0 Å². The molecule has 0 spiro atoms. The maximum atomic E-state index is 12.7. The Bertz CT molecular complexity index is 1010. The van der Waals surface area contributed by atoms with Crippen LogP contribution in [0.5, 0.6) is 0 Å². The number of aromatic nitrogens is 3. The fourth-order valence-corrected chi connectivity index (χ4v) is 5.75. The lowest BCUT2D eigenvalue weighted by atomic mass is 10.1. The van der Waals surface area contributed by atoms with Gasteiger partial charge in [-0.05, 0) is 31.1 Å². The van der Waals surface area contributed by atoms with Crippen LogP contribution in [0, 0.1) is 11.8 Å². The summed E-state index contributed by atoms with van der Waals surface area (Å²) in [5.74, 6) is 3.58. The fourth-order valence-electron chi connectivity index (χ4n) is 5.75. The average Bonchev–Trinajstić information content (AvgIpc) is 3.02. The van der Waals surface area contributed by atoms with Crippen LogP contribution in [0.2, 0.25) is 0 Å². The van der Waals surface area contributed by atoms with Gasteiger partial charge in [-0.15, -0.1) is 0 Å². The van der Waals surface area contributed by atoms with E-state index in [9.17, 15) is 14.4 Å². The molecule has 0 saturated carbocycles. The molecule has 12 nitrogen and oxygen atoms in total. The van der Waals surface area contributed by atoms with Gasteiger partial charge in [-0.25, -0.2) is 0 Å². The maximum Gasteiger partial charge on any atom is 0.232 e. The average molecular weight is 600 g/mol. The number of anilines is 3. The zero-order chi connectivity index (χ0) is 30.9. The lowest BCUT2D eigenvalue weighted by Gasteiger charge is -2.38. The molecule has 0 bridgehead atoms. The van der Waals surface area contributed by atoms with Gasteiger partial charge in [-0.1, -0.05) is 34.6 Å². The van der Waals surface area contributed by atoms with Crippen molar-refractivity contribution in [2.24, 2.45) is 11.8 Å². The molecular formula is C31H53N9O3. The molecular weight excluding hydrogens is 546 g/mol. The molecule has 3 amide bonds. The summed E-state index contributed by atoms with van der Waals surface area (Å²) >= 11 is 0. The number of piperazine rings is 3. The first-order chi connectivity index (χ1) is 20.6. The Morgan fingerprint density at radius 2 is 0.791 bits per heavy atom. The predicted molar refractivity (Wildman–Crippen MR) is 169 cm³/mol.